The lowest BCUT2D eigenvalue weighted by Gasteiger charge is -2.13. The highest BCUT2D eigenvalue weighted by molar-refractivity contribution is 6.26. The summed E-state index contributed by atoms with van der Waals surface area (Å²) in [6, 6.07) is 45.5. The number of aromatic nitrogens is 3. The van der Waals surface area contributed by atoms with Gasteiger partial charge in [-0.25, -0.2) is 4.98 Å². The molecule has 7 aromatic carbocycles. The van der Waals surface area contributed by atoms with E-state index in [0.717, 1.165) is 49.7 Å². The van der Waals surface area contributed by atoms with Crippen molar-refractivity contribution in [1.29, 1.82) is 0 Å². The van der Waals surface area contributed by atoms with Crippen LogP contribution in [0.4, 0.5) is 0 Å². The van der Waals surface area contributed by atoms with Crippen molar-refractivity contribution in [3.63, 3.8) is 0 Å². The maximum absolute atomic E-state index is 5.18. The molecule has 9 aromatic rings. The predicted molar refractivity (Wildman–Crippen MR) is 176 cm³/mol. The molecule has 0 bridgehead atoms. The predicted octanol–water partition coefficient (Wildman–Crippen LogP) is 10.1. The van der Waals surface area contributed by atoms with E-state index < -0.39 is 0 Å². The van der Waals surface area contributed by atoms with E-state index in [1.165, 1.54) is 37.7 Å². The SMILES string of the molecule is c1cc(-c2ccc3c4ccccc4c4ccccc4c3c2)nc(-c2ccc3c(c2)c2ccccc2c2nccnc32)c1. The van der Waals surface area contributed by atoms with Crippen LogP contribution in [0, 0.1) is 0 Å². The van der Waals surface area contributed by atoms with Gasteiger partial charge in [-0.15, -0.1) is 0 Å². The molecule has 2 aromatic heterocycles. The third-order valence-electron chi connectivity index (χ3n) is 8.53. The van der Waals surface area contributed by atoms with E-state index in [0.29, 0.717) is 0 Å². The molecule has 0 atom stereocenters. The number of hydrogen-bond acceptors (Lipinski definition) is 3. The number of rotatable bonds is 2. The molecule has 9 rings (SSSR count). The normalized spacial score (nSPS) is 11.8. The first-order valence-corrected chi connectivity index (χ1v) is 14.2. The molecule has 0 fully saturated rings. The molecule has 0 unspecified atom stereocenters. The van der Waals surface area contributed by atoms with Crippen molar-refractivity contribution in [3.05, 3.63) is 140 Å². The van der Waals surface area contributed by atoms with Gasteiger partial charge in [-0.1, -0.05) is 103 Å². The fourth-order valence-corrected chi connectivity index (χ4v) is 6.61. The van der Waals surface area contributed by atoms with Crippen LogP contribution in [0.2, 0.25) is 0 Å². The Balaban J connectivity index is 1.23. The highest BCUT2D eigenvalue weighted by atomic mass is 14.8. The molecular formula is C39H23N3. The highest BCUT2D eigenvalue weighted by Gasteiger charge is 2.13. The van der Waals surface area contributed by atoms with Gasteiger partial charge in [-0.05, 0) is 67.4 Å². The van der Waals surface area contributed by atoms with Gasteiger partial charge >= 0.3 is 0 Å². The summed E-state index contributed by atoms with van der Waals surface area (Å²) in [7, 11) is 0. The fourth-order valence-electron chi connectivity index (χ4n) is 6.61. The lowest BCUT2D eigenvalue weighted by Crippen LogP contribution is -1.91. The van der Waals surface area contributed by atoms with Crippen LogP contribution < -0.4 is 0 Å². The fraction of sp³-hybridized carbons (Fsp3) is 0. The minimum Gasteiger partial charge on any atom is -0.252 e. The number of pyridine rings is 1. The van der Waals surface area contributed by atoms with Crippen LogP contribution in [-0.4, -0.2) is 15.0 Å². The molecule has 0 saturated heterocycles. The topological polar surface area (TPSA) is 38.7 Å². The maximum atomic E-state index is 5.18. The van der Waals surface area contributed by atoms with Gasteiger partial charge in [-0.2, -0.15) is 0 Å². The second-order valence-electron chi connectivity index (χ2n) is 10.8. The Bertz CT molecular complexity index is 2290. The van der Waals surface area contributed by atoms with Crippen molar-refractivity contribution < 1.29 is 0 Å². The zero-order chi connectivity index (χ0) is 27.6. The second kappa shape index (κ2) is 8.92. The van der Waals surface area contributed by atoms with Gasteiger partial charge in [0, 0.05) is 34.3 Å². The summed E-state index contributed by atoms with van der Waals surface area (Å²) in [4.78, 5) is 14.6. The number of benzene rings is 7. The van der Waals surface area contributed by atoms with Gasteiger partial charge in [0.25, 0.3) is 0 Å². The molecule has 2 heterocycles. The van der Waals surface area contributed by atoms with Crippen LogP contribution in [0.3, 0.4) is 0 Å². The Morgan fingerprint density at radius 2 is 0.690 bits per heavy atom. The lowest BCUT2D eigenvalue weighted by molar-refractivity contribution is 1.31. The minimum atomic E-state index is 0.926. The van der Waals surface area contributed by atoms with E-state index in [1.54, 1.807) is 12.4 Å². The molecule has 194 valence electrons. The maximum Gasteiger partial charge on any atom is 0.0971 e. The van der Waals surface area contributed by atoms with E-state index in [4.69, 9.17) is 9.97 Å². The van der Waals surface area contributed by atoms with Crippen LogP contribution in [-0.2, 0) is 0 Å². The first kappa shape index (κ1) is 23.1. The van der Waals surface area contributed by atoms with Crippen molar-refractivity contribution in [1.82, 2.24) is 15.0 Å². The van der Waals surface area contributed by atoms with Gasteiger partial charge in [0.1, 0.15) is 0 Å². The summed E-state index contributed by atoms with van der Waals surface area (Å²) >= 11 is 0. The van der Waals surface area contributed by atoms with Crippen molar-refractivity contribution in [2.24, 2.45) is 0 Å². The first-order valence-electron chi connectivity index (χ1n) is 14.2. The summed E-state index contributed by atoms with van der Waals surface area (Å²) in [5, 5.41) is 12.2. The molecule has 3 heteroatoms. The lowest BCUT2D eigenvalue weighted by atomic mass is 9.93. The van der Waals surface area contributed by atoms with E-state index in [1.807, 2.05) is 0 Å². The van der Waals surface area contributed by atoms with Crippen molar-refractivity contribution in [3.8, 4) is 22.5 Å². The van der Waals surface area contributed by atoms with Crippen LogP contribution >= 0.6 is 0 Å². The van der Waals surface area contributed by atoms with Crippen LogP contribution in [0.1, 0.15) is 0 Å². The Morgan fingerprint density at radius 3 is 1.24 bits per heavy atom. The van der Waals surface area contributed by atoms with Gasteiger partial charge in [-0.3, -0.25) is 9.97 Å². The largest absolute Gasteiger partial charge is 0.252 e. The summed E-state index contributed by atoms with van der Waals surface area (Å²) in [5.41, 5.74) is 5.95. The standard InChI is InChI=1S/C39H23N3/c1-2-10-28-26(8-1)27-9-3-4-11-29(27)34-22-24(16-18-31(28)34)36-14-7-15-37(42-36)25-17-19-33-35(23-25)30-12-5-6-13-32(30)38-39(33)41-21-20-40-38/h1-23H. The summed E-state index contributed by atoms with van der Waals surface area (Å²) in [5.74, 6) is 0. The van der Waals surface area contributed by atoms with Gasteiger partial charge in [0.05, 0.1) is 22.4 Å². The molecule has 0 spiro atoms. The minimum absolute atomic E-state index is 0.926. The Hall–Kier alpha value is -5.67. The summed E-state index contributed by atoms with van der Waals surface area (Å²) < 4.78 is 0. The molecule has 0 aliphatic heterocycles. The van der Waals surface area contributed by atoms with Crippen LogP contribution in [0.25, 0.3) is 87.4 Å². The van der Waals surface area contributed by atoms with E-state index in [9.17, 15) is 0 Å². The molecule has 0 aliphatic rings. The van der Waals surface area contributed by atoms with Crippen molar-refractivity contribution in [2.75, 3.05) is 0 Å². The summed E-state index contributed by atoms with van der Waals surface area (Å²) in [6.07, 6.45) is 3.54. The van der Waals surface area contributed by atoms with Gasteiger partial charge in [0.15, 0.2) is 0 Å². The molecule has 42 heavy (non-hydrogen) atoms. The highest BCUT2D eigenvalue weighted by Crippen LogP contribution is 2.38. The molecule has 3 nitrogen and oxygen atoms in total. The van der Waals surface area contributed by atoms with Crippen molar-refractivity contribution in [2.45, 2.75) is 0 Å². The monoisotopic (exact) mass is 533 g/mol. The smallest absolute Gasteiger partial charge is 0.0971 e. The Morgan fingerprint density at radius 1 is 0.310 bits per heavy atom. The number of hydrogen-bond donors (Lipinski definition) is 0. The van der Waals surface area contributed by atoms with Gasteiger partial charge < -0.3 is 0 Å². The molecule has 0 radical (unpaired) electrons. The average molecular weight is 534 g/mol. The molecule has 0 aliphatic carbocycles. The molecular weight excluding hydrogens is 510 g/mol. The van der Waals surface area contributed by atoms with E-state index in [2.05, 4.69) is 132 Å². The zero-order valence-electron chi connectivity index (χ0n) is 22.6. The molecule has 0 N–H and O–H groups in total. The molecule has 0 saturated carbocycles. The Kier molecular flexibility index (Phi) is 4.90. The number of nitrogens with zero attached hydrogens (tertiary/aromatic N) is 3. The third-order valence-corrected chi connectivity index (χ3v) is 8.53. The summed E-state index contributed by atoms with van der Waals surface area (Å²) in [6.45, 7) is 0. The average Bonchev–Trinajstić information content (AvgIpc) is 3.08. The number of fused-ring (bicyclic) bond motifs is 12. The Labute approximate surface area is 241 Å². The van der Waals surface area contributed by atoms with Crippen molar-refractivity contribution >= 4 is 64.9 Å². The van der Waals surface area contributed by atoms with E-state index in [-0.39, 0.29) is 0 Å². The van der Waals surface area contributed by atoms with E-state index >= 15 is 0 Å². The zero-order valence-corrected chi connectivity index (χ0v) is 22.6. The van der Waals surface area contributed by atoms with Crippen LogP contribution in [0.5, 0.6) is 0 Å². The quantitative estimate of drug-likeness (QED) is 0.208. The second-order valence-corrected chi connectivity index (χ2v) is 10.8. The third kappa shape index (κ3) is 3.37. The first-order chi connectivity index (χ1) is 20.8. The molecule has 0 amide bonds. The van der Waals surface area contributed by atoms with Gasteiger partial charge in [0.2, 0.25) is 0 Å². The van der Waals surface area contributed by atoms with Crippen LogP contribution in [0.15, 0.2) is 140 Å².